The van der Waals surface area contributed by atoms with Crippen LogP contribution in [0.4, 0.5) is 5.69 Å². The Kier molecular flexibility index (Phi) is 6.00. The van der Waals surface area contributed by atoms with Crippen LogP contribution < -0.4 is 4.90 Å². The number of para-hydroxylation sites is 1. The van der Waals surface area contributed by atoms with Gasteiger partial charge in [0.05, 0.1) is 16.5 Å². The van der Waals surface area contributed by atoms with Gasteiger partial charge in [-0.15, -0.1) is 0 Å². The van der Waals surface area contributed by atoms with Gasteiger partial charge in [-0.3, -0.25) is 9.59 Å². The van der Waals surface area contributed by atoms with E-state index in [1.165, 1.54) is 12.1 Å². The van der Waals surface area contributed by atoms with Crippen LogP contribution in [0.2, 0.25) is 0 Å². The van der Waals surface area contributed by atoms with Crippen LogP contribution in [-0.4, -0.2) is 31.6 Å². The van der Waals surface area contributed by atoms with Gasteiger partial charge in [0.25, 0.3) is 10.0 Å². The van der Waals surface area contributed by atoms with E-state index in [4.69, 9.17) is 0 Å². The molecule has 0 N–H and O–H groups in total. The van der Waals surface area contributed by atoms with Crippen LogP contribution in [0, 0.1) is 13.8 Å². The number of benzene rings is 4. The van der Waals surface area contributed by atoms with E-state index in [2.05, 4.69) is 0 Å². The molecule has 4 aromatic carbocycles. The zero-order chi connectivity index (χ0) is 28.2. The quantitative estimate of drug-likeness (QED) is 0.334. The largest absolute Gasteiger partial charge is 0.314 e. The number of carbonyl (C=O) groups is 2. The molecular weight excluding hydrogens is 520 g/mol. The first-order valence-electron chi connectivity index (χ1n) is 13.1. The highest BCUT2D eigenvalue weighted by Crippen LogP contribution is 2.56. The molecule has 6 nitrogen and oxygen atoms in total. The summed E-state index contributed by atoms with van der Waals surface area (Å²) >= 11 is 0. The molecule has 2 unspecified atom stereocenters. The molecule has 2 amide bonds. The molecule has 2 aliphatic heterocycles. The predicted molar refractivity (Wildman–Crippen MR) is 155 cm³/mol. The van der Waals surface area contributed by atoms with Gasteiger partial charge in [0.2, 0.25) is 11.8 Å². The molecular formula is C33H28N2O4S. The number of fused-ring (bicyclic) bond motifs is 2. The fraction of sp³-hybridized carbons (Fsp3) is 0.152. The highest BCUT2D eigenvalue weighted by molar-refractivity contribution is 7.90. The molecule has 40 heavy (non-hydrogen) atoms. The molecule has 0 bridgehead atoms. The summed E-state index contributed by atoms with van der Waals surface area (Å²) in [5.74, 6) is -2.06. The minimum Gasteiger partial charge on any atom is -0.314 e. The molecule has 2 aliphatic rings. The maximum Gasteiger partial charge on any atom is 0.270 e. The molecule has 0 fully saturated rings. The van der Waals surface area contributed by atoms with Gasteiger partial charge in [-0.05, 0) is 60.4 Å². The third kappa shape index (κ3) is 3.65. The van der Waals surface area contributed by atoms with Crippen molar-refractivity contribution in [3.63, 3.8) is 0 Å². The van der Waals surface area contributed by atoms with E-state index in [1.54, 1.807) is 54.4 Å². The van der Waals surface area contributed by atoms with Crippen LogP contribution in [0.25, 0.3) is 5.70 Å². The second kappa shape index (κ2) is 9.31. The Labute approximate surface area is 234 Å². The molecule has 0 saturated carbocycles. The normalized spacial score (nSPS) is 20.6. The van der Waals surface area contributed by atoms with E-state index in [1.807, 2.05) is 68.4 Å². The van der Waals surface area contributed by atoms with Crippen LogP contribution in [0.15, 0.2) is 114 Å². The van der Waals surface area contributed by atoms with Gasteiger partial charge >= 0.3 is 0 Å². The summed E-state index contributed by atoms with van der Waals surface area (Å²) in [5.41, 5.74) is 2.91. The molecule has 2 heterocycles. The van der Waals surface area contributed by atoms with Crippen LogP contribution in [0.3, 0.4) is 0 Å². The van der Waals surface area contributed by atoms with Gasteiger partial charge in [-0.2, -0.15) is 0 Å². The molecule has 4 aromatic rings. The number of nitrogens with zero attached hydrogens (tertiary/aromatic N) is 2. The first-order chi connectivity index (χ1) is 19.2. The van der Waals surface area contributed by atoms with Crippen molar-refractivity contribution in [2.45, 2.75) is 30.1 Å². The Balaban J connectivity index is 1.73. The maximum atomic E-state index is 14.9. The van der Waals surface area contributed by atoms with Crippen molar-refractivity contribution in [1.29, 1.82) is 0 Å². The standard InChI is InChI=1S/C33H28N2O4S/c1-22-17-19-25(20-18-22)40(38,39)35-29(24-12-5-4-6-13-24)21-33(27-15-9-10-16-28(27)34(3)32(33)37)30(31(35)36)26-14-8-7-11-23(26)2/h4-21,30H,1-3H3. The Morgan fingerprint density at radius 2 is 1.38 bits per heavy atom. The zero-order valence-corrected chi connectivity index (χ0v) is 23.2. The predicted octanol–water partition coefficient (Wildman–Crippen LogP) is 5.57. The SMILES string of the molecule is Cc1ccc(S(=O)(=O)N2C(=O)C(c3ccccc3C)C3(C=C2c2ccccc2)C(=O)N(C)c2ccccc23)cc1. The van der Waals surface area contributed by atoms with Crippen molar-refractivity contribution in [2.24, 2.45) is 0 Å². The minimum atomic E-state index is -4.34. The lowest BCUT2D eigenvalue weighted by Crippen LogP contribution is -2.54. The number of rotatable bonds is 4. The number of amides is 2. The lowest BCUT2D eigenvalue weighted by Gasteiger charge is -2.42. The molecule has 200 valence electrons. The van der Waals surface area contributed by atoms with Crippen molar-refractivity contribution in [1.82, 2.24) is 4.31 Å². The van der Waals surface area contributed by atoms with Crippen molar-refractivity contribution >= 4 is 33.2 Å². The summed E-state index contributed by atoms with van der Waals surface area (Å²) in [7, 11) is -2.65. The van der Waals surface area contributed by atoms with Gasteiger partial charge < -0.3 is 4.90 Å². The minimum absolute atomic E-state index is 0.00281. The van der Waals surface area contributed by atoms with Gasteiger partial charge in [-0.25, -0.2) is 12.7 Å². The maximum absolute atomic E-state index is 14.9. The first-order valence-corrected chi connectivity index (χ1v) is 14.5. The number of hydrogen-bond donors (Lipinski definition) is 0. The van der Waals surface area contributed by atoms with Crippen LogP contribution in [-0.2, 0) is 25.0 Å². The van der Waals surface area contributed by atoms with E-state index in [9.17, 15) is 18.0 Å². The number of carbonyl (C=O) groups excluding carboxylic acids is 2. The zero-order valence-electron chi connectivity index (χ0n) is 22.4. The summed E-state index contributed by atoms with van der Waals surface area (Å²) in [6.45, 7) is 3.75. The molecule has 0 saturated heterocycles. The second-order valence-corrected chi connectivity index (χ2v) is 12.1. The summed E-state index contributed by atoms with van der Waals surface area (Å²) in [6, 6.07) is 30.1. The smallest absolute Gasteiger partial charge is 0.270 e. The van der Waals surface area contributed by atoms with Crippen molar-refractivity contribution in [2.75, 3.05) is 11.9 Å². The van der Waals surface area contributed by atoms with Gasteiger partial charge in [0.15, 0.2) is 0 Å². The van der Waals surface area contributed by atoms with E-state index in [-0.39, 0.29) is 16.5 Å². The summed E-state index contributed by atoms with van der Waals surface area (Å²) in [4.78, 5) is 30.9. The van der Waals surface area contributed by atoms with Crippen LogP contribution in [0.1, 0.15) is 33.7 Å². The summed E-state index contributed by atoms with van der Waals surface area (Å²) in [6.07, 6.45) is 1.71. The summed E-state index contributed by atoms with van der Waals surface area (Å²) in [5, 5.41) is 0. The molecule has 2 atom stereocenters. The molecule has 0 aromatic heterocycles. The van der Waals surface area contributed by atoms with Crippen molar-refractivity contribution < 1.29 is 18.0 Å². The van der Waals surface area contributed by atoms with Gasteiger partial charge in [0, 0.05) is 12.7 Å². The molecule has 0 radical (unpaired) electrons. The third-order valence-corrected chi connectivity index (χ3v) is 9.71. The highest BCUT2D eigenvalue weighted by atomic mass is 32.2. The van der Waals surface area contributed by atoms with E-state index in [0.717, 1.165) is 15.4 Å². The molecule has 0 aliphatic carbocycles. The van der Waals surface area contributed by atoms with E-state index in [0.29, 0.717) is 22.4 Å². The first kappa shape index (κ1) is 25.8. The Hall–Kier alpha value is -4.49. The monoisotopic (exact) mass is 548 g/mol. The summed E-state index contributed by atoms with van der Waals surface area (Å²) < 4.78 is 29.5. The van der Waals surface area contributed by atoms with Gasteiger partial charge in [0.1, 0.15) is 5.41 Å². The Morgan fingerprint density at radius 3 is 2.08 bits per heavy atom. The number of aryl methyl sites for hydroxylation is 2. The fourth-order valence-corrected chi connectivity index (χ4v) is 7.44. The Morgan fingerprint density at radius 1 is 0.750 bits per heavy atom. The lowest BCUT2D eigenvalue weighted by atomic mass is 9.64. The van der Waals surface area contributed by atoms with E-state index >= 15 is 0 Å². The average molecular weight is 549 g/mol. The average Bonchev–Trinajstić information content (AvgIpc) is 3.16. The Bertz CT molecular complexity index is 1800. The molecule has 1 spiro atoms. The number of hydrogen-bond acceptors (Lipinski definition) is 4. The van der Waals surface area contributed by atoms with Crippen molar-refractivity contribution in [3.8, 4) is 0 Å². The molecule has 6 rings (SSSR count). The molecule has 7 heteroatoms. The highest BCUT2D eigenvalue weighted by Gasteiger charge is 2.61. The number of anilines is 1. The topological polar surface area (TPSA) is 74.8 Å². The fourth-order valence-electron chi connectivity index (χ4n) is 5.99. The van der Waals surface area contributed by atoms with Crippen LogP contribution in [0.5, 0.6) is 0 Å². The van der Waals surface area contributed by atoms with Crippen LogP contribution >= 0.6 is 0 Å². The van der Waals surface area contributed by atoms with Crippen molar-refractivity contribution in [3.05, 3.63) is 137 Å². The third-order valence-electron chi connectivity index (χ3n) is 7.98. The second-order valence-electron chi connectivity index (χ2n) is 10.4. The number of sulfonamides is 1. The van der Waals surface area contributed by atoms with Gasteiger partial charge in [-0.1, -0.05) is 90.5 Å². The number of likely N-dealkylation sites (N-methyl/N-ethyl adjacent to an activating group) is 1. The lowest BCUT2D eigenvalue weighted by molar-refractivity contribution is -0.133. The van der Waals surface area contributed by atoms with E-state index < -0.39 is 27.3 Å².